The molecule has 0 fully saturated rings. The van der Waals surface area contributed by atoms with Crippen molar-refractivity contribution in [2.75, 3.05) is 13.2 Å². The summed E-state index contributed by atoms with van der Waals surface area (Å²) in [6.07, 6.45) is 43.6. The molecule has 0 aliphatic carbocycles. The molecule has 0 spiro atoms. The van der Waals surface area contributed by atoms with E-state index >= 15 is 0 Å². The van der Waals surface area contributed by atoms with Crippen molar-refractivity contribution in [3.05, 3.63) is 12.2 Å². The van der Waals surface area contributed by atoms with Crippen molar-refractivity contribution in [3.8, 4) is 0 Å². The molecule has 308 valence electrons. The van der Waals surface area contributed by atoms with Gasteiger partial charge in [-0.25, -0.2) is 4.57 Å². The highest BCUT2D eigenvalue weighted by molar-refractivity contribution is 7.46. The lowest BCUT2D eigenvalue weighted by atomic mass is 10.0. The first kappa shape index (κ1) is 50.8. The van der Waals surface area contributed by atoms with Crippen molar-refractivity contribution in [3.63, 3.8) is 0 Å². The van der Waals surface area contributed by atoms with Gasteiger partial charge in [0.05, 0.1) is 6.61 Å². The van der Waals surface area contributed by atoms with Crippen LogP contribution in [0.4, 0.5) is 0 Å². The third-order valence-corrected chi connectivity index (χ3v) is 10.3. The molecule has 0 heterocycles. The molecule has 2 N–H and O–H groups in total. The van der Waals surface area contributed by atoms with Crippen LogP contribution in [0.3, 0.4) is 0 Å². The Morgan fingerprint density at radius 1 is 0.481 bits per heavy atom. The molecule has 0 aromatic carbocycles. The van der Waals surface area contributed by atoms with Gasteiger partial charge in [0.1, 0.15) is 6.61 Å². The average molecular weight is 759 g/mol. The maximum absolute atomic E-state index is 12.4. The molecule has 52 heavy (non-hydrogen) atoms. The van der Waals surface area contributed by atoms with Crippen LogP contribution in [0.2, 0.25) is 0 Å². The van der Waals surface area contributed by atoms with E-state index in [4.69, 9.17) is 19.3 Å². The van der Waals surface area contributed by atoms with E-state index in [1.807, 2.05) is 0 Å². The number of unbranched alkanes of at least 4 members (excludes halogenated alkanes) is 29. The molecule has 1 unspecified atom stereocenters. The first-order valence-electron chi connectivity index (χ1n) is 22.0. The molecule has 0 saturated heterocycles. The fraction of sp³-hybridized carbons (Fsp3) is 0.907. The van der Waals surface area contributed by atoms with Crippen molar-refractivity contribution >= 4 is 19.8 Å². The van der Waals surface area contributed by atoms with E-state index in [0.717, 1.165) is 51.4 Å². The average Bonchev–Trinajstić information content (AvgIpc) is 3.11. The summed E-state index contributed by atoms with van der Waals surface area (Å²) in [6, 6.07) is 0. The van der Waals surface area contributed by atoms with Gasteiger partial charge in [0, 0.05) is 12.8 Å². The highest BCUT2D eigenvalue weighted by atomic mass is 31.2. The summed E-state index contributed by atoms with van der Waals surface area (Å²) in [5.74, 6) is -0.881. The third kappa shape index (κ3) is 41.5. The quantitative estimate of drug-likeness (QED) is 0.0274. The molecule has 0 aromatic heterocycles. The number of carbonyl (C=O) groups excluding carboxylic acids is 2. The lowest BCUT2D eigenvalue weighted by Gasteiger charge is -2.18. The second-order valence-electron chi connectivity index (χ2n) is 15.0. The zero-order valence-corrected chi connectivity index (χ0v) is 34.9. The Balaban J connectivity index is 3.86. The number of ether oxygens (including phenoxy) is 2. The third-order valence-electron chi connectivity index (χ3n) is 9.78. The fourth-order valence-corrected chi connectivity index (χ4v) is 6.85. The Kier molecular flexibility index (Phi) is 38.6. The standard InChI is InChI=1S/C43H83O8P/c1-3-5-7-9-11-13-15-17-19-21-22-24-25-27-29-31-33-35-37-42(44)49-39-41(40-50-52(46,47)48)51-43(45)38-36-34-32-30-28-26-23-20-18-16-14-12-10-8-6-4-2/h20,23,41H,3-19,21-22,24-40H2,1-2H3,(H2,46,47,48)/b23-20-. The van der Waals surface area contributed by atoms with Gasteiger partial charge in [-0.2, -0.15) is 0 Å². The second-order valence-corrected chi connectivity index (χ2v) is 16.3. The Morgan fingerprint density at radius 3 is 1.17 bits per heavy atom. The Bertz CT molecular complexity index is 858. The normalized spacial score (nSPS) is 12.5. The molecule has 0 radical (unpaired) electrons. The highest BCUT2D eigenvalue weighted by Gasteiger charge is 2.22. The summed E-state index contributed by atoms with van der Waals surface area (Å²) >= 11 is 0. The smallest absolute Gasteiger partial charge is 0.462 e. The first-order chi connectivity index (χ1) is 25.3. The number of phosphoric acid groups is 1. The maximum Gasteiger partial charge on any atom is 0.469 e. The number of rotatable bonds is 41. The van der Waals surface area contributed by atoms with Crippen molar-refractivity contribution in [2.45, 2.75) is 238 Å². The number of hydrogen-bond acceptors (Lipinski definition) is 6. The molecule has 1 atom stereocenters. The summed E-state index contributed by atoms with van der Waals surface area (Å²) < 4.78 is 26.4. The largest absolute Gasteiger partial charge is 0.469 e. The topological polar surface area (TPSA) is 119 Å². The number of phosphoric ester groups is 1. The number of carbonyl (C=O) groups is 2. The number of allylic oxidation sites excluding steroid dienone is 2. The minimum Gasteiger partial charge on any atom is -0.462 e. The first-order valence-corrected chi connectivity index (χ1v) is 23.5. The van der Waals surface area contributed by atoms with Crippen LogP contribution in [-0.4, -0.2) is 41.0 Å². The monoisotopic (exact) mass is 759 g/mol. The lowest BCUT2D eigenvalue weighted by Crippen LogP contribution is -2.29. The molecule has 8 nitrogen and oxygen atoms in total. The molecule has 9 heteroatoms. The molecule has 0 aromatic rings. The van der Waals surface area contributed by atoms with Gasteiger partial charge < -0.3 is 19.3 Å². The van der Waals surface area contributed by atoms with Crippen molar-refractivity contribution in [1.29, 1.82) is 0 Å². The van der Waals surface area contributed by atoms with Gasteiger partial charge in [0.15, 0.2) is 6.10 Å². The molecule has 0 saturated carbocycles. The Morgan fingerprint density at radius 2 is 0.808 bits per heavy atom. The highest BCUT2D eigenvalue weighted by Crippen LogP contribution is 2.36. The zero-order valence-electron chi connectivity index (χ0n) is 34.0. The van der Waals surface area contributed by atoms with Crippen LogP contribution < -0.4 is 0 Å². The molecule has 0 aliphatic heterocycles. The zero-order chi connectivity index (χ0) is 38.2. The van der Waals surface area contributed by atoms with E-state index in [0.29, 0.717) is 6.42 Å². The predicted octanol–water partition coefficient (Wildman–Crippen LogP) is 13.4. The number of esters is 2. The summed E-state index contributed by atoms with van der Waals surface area (Å²) in [5.41, 5.74) is 0. The van der Waals surface area contributed by atoms with Gasteiger partial charge in [0.2, 0.25) is 0 Å². The Hall–Kier alpha value is -1.21. The summed E-state index contributed by atoms with van der Waals surface area (Å²) in [4.78, 5) is 42.9. The van der Waals surface area contributed by atoms with Gasteiger partial charge in [0.25, 0.3) is 0 Å². The van der Waals surface area contributed by atoms with Crippen molar-refractivity contribution in [2.24, 2.45) is 0 Å². The molecule has 0 amide bonds. The van der Waals surface area contributed by atoms with E-state index in [1.165, 1.54) is 148 Å². The van der Waals surface area contributed by atoms with Crippen LogP contribution in [0.25, 0.3) is 0 Å². The maximum atomic E-state index is 12.4. The minimum absolute atomic E-state index is 0.206. The lowest BCUT2D eigenvalue weighted by molar-refractivity contribution is -0.161. The van der Waals surface area contributed by atoms with E-state index in [9.17, 15) is 14.2 Å². The summed E-state index contributed by atoms with van der Waals surface area (Å²) in [6.45, 7) is 3.71. The van der Waals surface area contributed by atoms with E-state index in [2.05, 4.69) is 30.5 Å². The van der Waals surface area contributed by atoms with Gasteiger partial charge in [-0.1, -0.05) is 193 Å². The van der Waals surface area contributed by atoms with Crippen molar-refractivity contribution < 1.29 is 37.9 Å². The van der Waals surface area contributed by atoms with Gasteiger partial charge >= 0.3 is 19.8 Å². The Labute approximate surface area is 320 Å². The van der Waals surface area contributed by atoms with Crippen LogP contribution >= 0.6 is 7.82 Å². The van der Waals surface area contributed by atoms with Gasteiger partial charge in [-0.15, -0.1) is 0 Å². The molecule has 0 bridgehead atoms. The van der Waals surface area contributed by atoms with Crippen LogP contribution in [-0.2, 0) is 28.2 Å². The summed E-state index contributed by atoms with van der Waals surface area (Å²) in [5, 5.41) is 0. The van der Waals surface area contributed by atoms with Gasteiger partial charge in [-0.3, -0.25) is 14.1 Å². The predicted molar refractivity (Wildman–Crippen MR) is 216 cm³/mol. The van der Waals surface area contributed by atoms with E-state index in [-0.39, 0.29) is 19.4 Å². The molecule has 0 aliphatic rings. The minimum atomic E-state index is -4.75. The molecular formula is C43H83O8P. The SMILES string of the molecule is CCCCCCCCC/C=C\CCCCCCCC(=O)OC(COC(=O)CCCCCCCCCCCCCCCCCCCC)COP(=O)(O)O. The fourth-order valence-electron chi connectivity index (χ4n) is 6.49. The van der Waals surface area contributed by atoms with Crippen LogP contribution in [0, 0.1) is 0 Å². The van der Waals surface area contributed by atoms with Crippen molar-refractivity contribution in [1.82, 2.24) is 0 Å². The van der Waals surface area contributed by atoms with Crippen LogP contribution in [0.15, 0.2) is 12.2 Å². The van der Waals surface area contributed by atoms with E-state index < -0.39 is 32.5 Å². The van der Waals surface area contributed by atoms with E-state index in [1.54, 1.807) is 0 Å². The number of hydrogen-bond donors (Lipinski definition) is 2. The summed E-state index contributed by atoms with van der Waals surface area (Å²) in [7, 11) is -4.75. The molecular weight excluding hydrogens is 675 g/mol. The molecule has 0 rings (SSSR count). The second kappa shape index (κ2) is 39.5. The van der Waals surface area contributed by atoms with Crippen LogP contribution in [0.1, 0.15) is 232 Å². The van der Waals surface area contributed by atoms with Crippen LogP contribution in [0.5, 0.6) is 0 Å². The van der Waals surface area contributed by atoms with Gasteiger partial charge in [-0.05, 0) is 38.5 Å².